The van der Waals surface area contributed by atoms with Gasteiger partial charge < -0.3 is 15.1 Å². The number of hydrogen-bond donors (Lipinski definition) is 1. The summed E-state index contributed by atoms with van der Waals surface area (Å²) in [5.41, 5.74) is 1.33. The monoisotopic (exact) mass is 293 g/mol. The summed E-state index contributed by atoms with van der Waals surface area (Å²) in [5, 5.41) is 8.17. The van der Waals surface area contributed by atoms with Crippen molar-refractivity contribution in [2.24, 2.45) is 0 Å². The summed E-state index contributed by atoms with van der Waals surface area (Å²) in [7, 11) is 4.48. The third-order valence-corrected chi connectivity index (χ3v) is 4.53. The van der Waals surface area contributed by atoms with Gasteiger partial charge in [-0.25, -0.2) is 0 Å². The Labute approximate surface area is 129 Å². The molecule has 5 nitrogen and oxygen atoms in total. The van der Waals surface area contributed by atoms with Gasteiger partial charge in [0.1, 0.15) is 0 Å². The van der Waals surface area contributed by atoms with Gasteiger partial charge in [0.2, 0.25) is 0 Å². The average Bonchev–Trinajstić information content (AvgIpc) is 2.95. The Kier molecular flexibility index (Phi) is 6.21. The van der Waals surface area contributed by atoms with E-state index < -0.39 is 0 Å². The molecule has 2 atom stereocenters. The maximum absolute atomic E-state index is 4.44. The third kappa shape index (κ3) is 4.28. The number of aromatic nitrogens is 2. The summed E-state index contributed by atoms with van der Waals surface area (Å²) >= 11 is 0. The number of aryl methyl sites for hydroxylation is 1. The van der Waals surface area contributed by atoms with Gasteiger partial charge in [-0.3, -0.25) is 4.68 Å². The van der Waals surface area contributed by atoms with Crippen LogP contribution in [0, 0.1) is 0 Å². The quantitative estimate of drug-likeness (QED) is 0.828. The molecule has 5 heteroatoms. The van der Waals surface area contributed by atoms with Crippen molar-refractivity contribution in [2.45, 2.75) is 45.3 Å². The molecule has 1 saturated heterocycles. The maximum Gasteiger partial charge on any atom is 0.0554 e. The lowest BCUT2D eigenvalue weighted by molar-refractivity contribution is 0.100. The highest BCUT2D eigenvalue weighted by Gasteiger charge is 2.27. The Morgan fingerprint density at radius 3 is 2.86 bits per heavy atom. The molecule has 1 aromatic rings. The Balaban J connectivity index is 2.08. The van der Waals surface area contributed by atoms with E-state index in [-0.39, 0.29) is 0 Å². The van der Waals surface area contributed by atoms with Gasteiger partial charge in [-0.05, 0) is 46.5 Å². The molecule has 1 aromatic heterocycles. The van der Waals surface area contributed by atoms with Gasteiger partial charge in [-0.15, -0.1) is 0 Å². The molecule has 2 rings (SSSR count). The van der Waals surface area contributed by atoms with Gasteiger partial charge in [-0.1, -0.05) is 6.92 Å². The molecule has 120 valence electrons. The Morgan fingerprint density at radius 2 is 2.14 bits per heavy atom. The fourth-order valence-corrected chi connectivity index (χ4v) is 3.16. The third-order valence-electron chi connectivity index (χ3n) is 4.53. The number of likely N-dealkylation sites (N-methyl/N-ethyl adjacent to an activating group) is 2. The van der Waals surface area contributed by atoms with Crippen molar-refractivity contribution < 1.29 is 0 Å². The van der Waals surface area contributed by atoms with E-state index in [1.165, 1.54) is 12.2 Å². The molecule has 1 aliphatic rings. The molecule has 2 unspecified atom stereocenters. The second-order valence-corrected chi connectivity index (χ2v) is 6.21. The van der Waals surface area contributed by atoms with Crippen LogP contribution in [-0.2, 0) is 6.54 Å². The van der Waals surface area contributed by atoms with E-state index in [0.717, 1.165) is 39.0 Å². The first-order valence-corrected chi connectivity index (χ1v) is 8.29. The predicted molar refractivity (Wildman–Crippen MR) is 87.5 cm³/mol. The van der Waals surface area contributed by atoms with Crippen LogP contribution in [0.25, 0.3) is 0 Å². The van der Waals surface area contributed by atoms with Crippen molar-refractivity contribution in [3.05, 3.63) is 18.0 Å². The Hall–Kier alpha value is -0.910. The van der Waals surface area contributed by atoms with E-state index in [9.17, 15) is 0 Å². The first-order valence-electron chi connectivity index (χ1n) is 8.29. The Bertz CT molecular complexity index is 417. The van der Waals surface area contributed by atoms with E-state index in [1.54, 1.807) is 0 Å². The first kappa shape index (κ1) is 16.5. The maximum atomic E-state index is 4.44. The summed E-state index contributed by atoms with van der Waals surface area (Å²) < 4.78 is 2.12. The zero-order valence-electron chi connectivity index (χ0n) is 14.0. The van der Waals surface area contributed by atoms with Crippen molar-refractivity contribution in [3.63, 3.8) is 0 Å². The van der Waals surface area contributed by atoms with Crippen LogP contribution in [0.3, 0.4) is 0 Å². The van der Waals surface area contributed by atoms with Crippen LogP contribution in [0.1, 0.15) is 38.4 Å². The second-order valence-electron chi connectivity index (χ2n) is 6.21. The van der Waals surface area contributed by atoms with Crippen molar-refractivity contribution >= 4 is 0 Å². The highest BCUT2D eigenvalue weighted by atomic mass is 15.3. The van der Waals surface area contributed by atoms with Crippen LogP contribution in [0.15, 0.2) is 12.3 Å². The molecule has 0 saturated carbocycles. The first-order chi connectivity index (χ1) is 10.2. The van der Waals surface area contributed by atoms with Crippen molar-refractivity contribution in [1.82, 2.24) is 24.9 Å². The van der Waals surface area contributed by atoms with Crippen LogP contribution < -0.4 is 5.32 Å². The van der Waals surface area contributed by atoms with Gasteiger partial charge in [0, 0.05) is 38.4 Å². The zero-order valence-corrected chi connectivity index (χ0v) is 14.0. The fourth-order valence-electron chi connectivity index (χ4n) is 3.16. The predicted octanol–water partition coefficient (Wildman–Crippen LogP) is 1.58. The molecule has 21 heavy (non-hydrogen) atoms. The van der Waals surface area contributed by atoms with Crippen LogP contribution in [0.4, 0.5) is 0 Å². The van der Waals surface area contributed by atoms with Crippen LogP contribution in [0.5, 0.6) is 0 Å². The molecular weight excluding hydrogens is 262 g/mol. The number of hydrogen-bond acceptors (Lipinski definition) is 4. The van der Waals surface area contributed by atoms with Gasteiger partial charge in [-0.2, -0.15) is 5.10 Å². The molecule has 0 amide bonds. The molecule has 1 N–H and O–H groups in total. The van der Waals surface area contributed by atoms with Gasteiger partial charge in [0.05, 0.1) is 11.7 Å². The van der Waals surface area contributed by atoms with E-state index in [2.05, 4.69) is 58.9 Å². The van der Waals surface area contributed by atoms with Crippen LogP contribution in [0.2, 0.25) is 0 Å². The number of rotatable bonds is 7. The summed E-state index contributed by atoms with van der Waals surface area (Å²) in [5.74, 6) is 0. The summed E-state index contributed by atoms with van der Waals surface area (Å²) in [6, 6.07) is 3.17. The zero-order chi connectivity index (χ0) is 15.2. The number of nitrogens with one attached hydrogen (secondary N) is 1. The molecule has 1 fully saturated rings. The van der Waals surface area contributed by atoms with E-state index >= 15 is 0 Å². The molecule has 0 spiro atoms. The van der Waals surface area contributed by atoms with Gasteiger partial charge in [0.15, 0.2) is 0 Å². The highest BCUT2D eigenvalue weighted by molar-refractivity contribution is 5.08. The molecule has 0 aliphatic carbocycles. The molecule has 0 bridgehead atoms. The van der Waals surface area contributed by atoms with Gasteiger partial charge >= 0.3 is 0 Å². The van der Waals surface area contributed by atoms with E-state index in [1.807, 2.05) is 6.20 Å². The minimum absolute atomic E-state index is 0.395. The number of nitrogens with zero attached hydrogens (tertiary/aromatic N) is 4. The standard InChI is InChI=1S/C16H31N5/c1-5-8-17-15(16-7-9-18-21(16)6-2)12-14-13-19(3)10-11-20(14)4/h7,9,14-15,17H,5-6,8,10-13H2,1-4H3. The minimum Gasteiger partial charge on any atom is -0.309 e. The second kappa shape index (κ2) is 7.92. The topological polar surface area (TPSA) is 36.3 Å². The summed E-state index contributed by atoms with van der Waals surface area (Å²) in [6.45, 7) is 9.87. The normalized spacial score (nSPS) is 22.6. The lowest BCUT2D eigenvalue weighted by Gasteiger charge is -2.39. The van der Waals surface area contributed by atoms with Crippen molar-refractivity contribution in [1.29, 1.82) is 0 Å². The summed E-state index contributed by atoms with van der Waals surface area (Å²) in [4.78, 5) is 4.95. The molecular formula is C16H31N5. The average molecular weight is 293 g/mol. The van der Waals surface area contributed by atoms with Crippen LogP contribution in [-0.4, -0.2) is 65.9 Å². The smallest absolute Gasteiger partial charge is 0.0554 e. The van der Waals surface area contributed by atoms with Crippen molar-refractivity contribution in [2.75, 3.05) is 40.3 Å². The van der Waals surface area contributed by atoms with Crippen LogP contribution >= 0.6 is 0 Å². The van der Waals surface area contributed by atoms with Gasteiger partial charge in [0.25, 0.3) is 0 Å². The number of piperazine rings is 1. The lowest BCUT2D eigenvalue weighted by atomic mass is 10.0. The SMILES string of the molecule is CCCNC(CC1CN(C)CCN1C)c1ccnn1CC. The molecule has 1 aliphatic heterocycles. The highest BCUT2D eigenvalue weighted by Crippen LogP contribution is 2.22. The molecule has 0 aromatic carbocycles. The van der Waals surface area contributed by atoms with E-state index in [4.69, 9.17) is 0 Å². The molecule has 2 heterocycles. The molecule has 0 radical (unpaired) electrons. The Morgan fingerprint density at radius 1 is 1.33 bits per heavy atom. The minimum atomic E-state index is 0.395. The lowest BCUT2D eigenvalue weighted by Crippen LogP contribution is -2.51. The van der Waals surface area contributed by atoms with E-state index in [0.29, 0.717) is 12.1 Å². The fraction of sp³-hybridized carbons (Fsp3) is 0.812. The largest absolute Gasteiger partial charge is 0.309 e. The summed E-state index contributed by atoms with van der Waals surface area (Å²) in [6.07, 6.45) is 4.24. The van der Waals surface area contributed by atoms with Crippen molar-refractivity contribution in [3.8, 4) is 0 Å².